The molecule has 0 spiro atoms. The van der Waals surface area contributed by atoms with E-state index < -0.39 is 29.7 Å². The number of piperidine rings is 1. The Bertz CT molecular complexity index is 783. The highest BCUT2D eigenvalue weighted by atomic mass is 19.4. The molecule has 0 bridgehead atoms. The summed E-state index contributed by atoms with van der Waals surface area (Å²) in [6.07, 6.45) is -3.73. The number of hydrogen-bond donors (Lipinski definition) is 3. The first-order valence-electron chi connectivity index (χ1n) is 9.64. The molecule has 0 radical (unpaired) electrons. The van der Waals surface area contributed by atoms with Crippen molar-refractivity contribution in [2.75, 3.05) is 32.8 Å². The summed E-state index contributed by atoms with van der Waals surface area (Å²) in [4.78, 5) is 34.0. The number of alkyl halides is 3. The molecule has 32 heavy (non-hydrogen) atoms. The van der Waals surface area contributed by atoms with E-state index in [0.29, 0.717) is 32.8 Å². The lowest BCUT2D eigenvalue weighted by atomic mass is 10.1. The lowest BCUT2D eigenvalue weighted by Crippen LogP contribution is -2.46. The Kier molecular flexibility index (Phi) is 10.8. The summed E-state index contributed by atoms with van der Waals surface area (Å²) in [6, 6.07) is 3.32. The maximum absolute atomic E-state index is 13.1. The largest absolute Gasteiger partial charge is 0.490 e. The average molecular weight is 469 g/mol. The minimum absolute atomic E-state index is 0.0849. The van der Waals surface area contributed by atoms with Crippen LogP contribution in [0.25, 0.3) is 0 Å². The van der Waals surface area contributed by atoms with Crippen LogP contribution in [-0.4, -0.2) is 73.0 Å². The first kappa shape index (κ1) is 27.1. The summed E-state index contributed by atoms with van der Waals surface area (Å²) in [5.41, 5.74) is 0.0849. The zero-order chi connectivity index (χ0) is 24.3. The standard InChI is InChI=1S/C17H23F2N3O3.C2HF3O2/c1-2-25-17(24)22-9-5-13(6-10-22)20-7-8-21-16(23)12-3-4-14(18)15(19)11-12;3-2(4,5)1(6)7/h3-4,11,13,20H,2,5-10H2,1H3,(H,21,23);(H,6,7). The van der Waals surface area contributed by atoms with E-state index in [1.807, 2.05) is 0 Å². The van der Waals surface area contributed by atoms with Gasteiger partial charge in [-0.1, -0.05) is 0 Å². The molecule has 0 atom stereocenters. The van der Waals surface area contributed by atoms with Crippen LogP contribution in [0.3, 0.4) is 0 Å². The van der Waals surface area contributed by atoms with Crippen molar-refractivity contribution in [1.29, 1.82) is 0 Å². The molecule has 0 aromatic heterocycles. The Morgan fingerprint density at radius 1 is 1.12 bits per heavy atom. The van der Waals surface area contributed by atoms with Gasteiger partial charge in [0.15, 0.2) is 11.6 Å². The predicted octanol–water partition coefficient (Wildman–Crippen LogP) is 2.54. The van der Waals surface area contributed by atoms with Crippen LogP contribution in [0.1, 0.15) is 30.1 Å². The molecule has 180 valence electrons. The topological polar surface area (TPSA) is 108 Å². The number of carbonyl (C=O) groups is 3. The highest BCUT2D eigenvalue weighted by Gasteiger charge is 2.38. The Balaban J connectivity index is 0.000000633. The van der Waals surface area contributed by atoms with Crippen LogP contribution in [0.2, 0.25) is 0 Å². The Morgan fingerprint density at radius 2 is 1.72 bits per heavy atom. The predicted molar refractivity (Wildman–Crippen MR) is 102 cm³/mol. The molecule has 1 aromatic carbocycles. The van der Waals surface area contributed by atoms with Crippen LogP contribution in [0.15, 0.2) is 18.2 Å². The molecule has 1 fully saturated rings. The number of nitrogens with zero attached hydrogens (tertiary/aromatic N) is 1. The molecule has 2 rings (SSSR count). The molecule has 1 aliphatic rings. The highest BCUT2D eigenvalue weighted by Crippen LogP contribution is 2.13. The quantitative estimate of drug-likeness (QED) is 0.437. The number of halogens is 5. The van der Waals surface area contributed by atoms with Crippen LogP contribution < -0.4 is 10.6 Å². The lowest BCUT2D eigenvalue weighted by molar-refractivity contribution is -0.192. The summed E-state index contributed by atoms with van der Waals surface area (Å²) in [6.45, 7) is 4.35. The number of benzene rings is 1. The van der Waals surface area contributed by atoms with Crippen LogP contribution in [0.5, 0.6) is 0 Å². The van der Waals surface area contributed by atoms with Crippen LogP contribution in [-0.2, 0) is 9.53 Å². The van der Waals surface area contributed by atoms with Crippen LogP contribution in [0.4, 0.5) is 26.7 Å². The van der Waals surface area contributed by atoms with Gasteiger partial charge in [-0.25, -0.2) is 18.4 Å². The smallest absolute Gasteiger partial charge is 0.475 e. The Labute approximate surface area is 180 Å². The van der Waals surface area contributed by atoms with E-state index in [2.05, 4.69) is 10.6 Å². The number of hydrogen-bond acceptors (Lipinski definition) is 5. The third-order valence-corrected chi connectivity index (χ3v) is 4.29. The molecule has 1 heterocycles. The first-order valence-corrected chi connectivity index (χ1v) is 9.64. The van der Waals surface area contributed by atoms with Crippen LogP contribution >= 0.6 is 0 Å². The number of amides is 2. The normalized spacial score (nSPS) is 14.2. The molecule has 8 nitrogen and oxygen atoms in total. The third kappa shape index (κ3) is 9.45. The molecule has 1 saturated heterocycles. The van der Waals surface area contributed by atoms with Gasteiger partial charge in [0.1, 0.15) is 0 Å². The van der Waals surface area contributed by atoms with Gasteiger partial charge in [-0.3, -0.25) is 4.79 Å². The minimum Gasteiger partial charge on any atom is -0.475 e. The fraction of sp³-hybridized carbons (Fsp3) is 0.526. The van der Waals surface area contributed by atoms with Crippen molar-refractivity contribution in [2.45, 2.75) is 32.0 Å². The molecule has 1 aromatic rings. The van der Waals surface area contributed by atoms with E-state index in [1.165, 1.54) is 6.07 Å². The molecular weight excluding hydrogens is 445 g/mol. The maximum Gasteiger partial charge on any atom is 0.490 e. The molecule has 2 amide bonds. The van der Waals surface area contributed by atoms with E-state index in [0.717, 1.165) is 25.0 Å². The number of carboxylic acids is 1. The van der Waals surface area contributed by atoms with Crippen molar-refractivity contribution < 1.29 is 46.2 Å². The summed E-state index contributed by atoms with van der Waals surface area (Å²) in [5.74, 6) is -5.23. The van der Waals surface area contributed by atoms with Gasteiger partial charge in [-0.15, -0.1) is 0 Å². The fourth-order valence-corrected chi connectivity index (χ4v) is 2.67. The summed E-state index contributed by atoms with van der Waals surface area (Å²) in [5, 5.41) is 13.1. The average Bonchev–Trinajstić information content (AvgIpc) is 2.73. The second kappa shape index (κ2) is 12.8. The van der Waals surface area contributed by atoms with Crippen molar-refractivity contribution in [3.05, 3.63) is 35.4 Å². The monoisotopic (exact) mass is 469 g/mol. The van der Waals surface area contributed by atoms with Gasteiger partial charge in [0.05, 0.1) is 6.61 Å². The SMILES string of the molecule is CCOC(=O)N1CCC(NCCNC(=O)c2ccc(F)c(F)c2)CC1.O=C(O)C(F)(F)F. The number of carbonyl (C=O) groups excluding carboxylic acids is 2. The lowest BCUT2D eigenvalue weighted by Gasteiger charge is -2.31. The Morgan fingerprint density at radius 3 is 2.22 bits per heavy atom. The summed E-state index contributed by atoms with van der Waals surface area (Å²) >= 11 is 0. The molecule has 13 heteroatoms. The van der Waals surface area contributed by atoms with Gasteiger partial charge in [0.25, 0.3) is 5.91 Å². The van der Waals surface area contributed by atoms with E-state index >= 15 is 0 Å². The van der Waals surface area contributed by atoms with E-state index in [9.17, 15) is 31.5 Å². The zero-order valence-electron chi connectivity index (χ0n) is 17.2. The Hall–Kier alpha value is -2.96. The number of likely N-dealkylation sites (tertiary alicyclic amines) is 1. The van der Waals surface area contributed by atoms with E-state index in [1.54, 1.807) is 11.8 Å². The van der Waals surface area contributed by atoms with Crippen LogP contribution in [0, 0.1) is 11.6 Å². The van der Waals surface area contributed by atoms with Gasteiger partial charge < -0.3 is 25.4 Å². The third-order valence-electron chi connectivity index (χ3n) is 4.29. The minimum atomic E-state index is -5.08. The molecule has 3 N–H and O–H groups in total. The van der Waals surface area contributed by atoms with Crippen molar-refractivity contribution in [2.24, 2.45) is 0 Å². The molecular formula is C19H24F5N3O5. The summed E-state index contributed by atoms with van der Waals surface area (Å²) in [7, 11) is 0. The summed E-state index contributed by atoms with van der Waals surface area (Å²) < 4.78 is 62.7. The fourth-order valence-electron chi connectivity index (χ4n) is 2.67. The molecule has 1 aliphatic heterocycles. The van der Waals surface area contributed by atoms with Crippen molar-refractivity contribution >= 4 is 18.0 Å². The number of aliphatic carboxylic acids is 1. The number of ether oxygens (including phenoxy) is 1. The zero-order valence-corrected chi connectivity index (χ0v) is 17.2. The number of rotatable bonds is 6. The van der Waals surface area contributed by atoms with Crippen molar-refractivity contribution in [3.63, 3.8) is 0 Å². The highest BCUT2D eigenvalue weighted by molar-refractivity contribution is 5.94. The molecule has 0 aliphatic carbocycles. The van der Waals surface area contributed by atoms with Gasteiger partial charge in [-0.05, 0) is 38.0 Å². The van der Waals surface area contributed by atoms with Gasteiger partial charge in [0, 0.05) is 37.8 Å². The first-order chi connectivity index (χ1) is 15.0. The molecule has 0 unspecified atom stereocenters. The van der Waals surface area contributed by atoms with Gasteiger partial charge in [-0.2, -0.15) is 13.2 Å². The van der Waals surface area contributed by atoms with Crippen molar-refractivity contribution in [1.82, 2.24) is 15.5 Å². The number of nitrogens with one attached hydrogen (secondary N) is 2. The second-order valence-corrected chi connectivity index (χ2v) is 6.60. The molecule has 0 saturated carbocycles. The van der Waals surface area contributed by atoms with Gasteiger partial charge >= 0.3 is 18.2 Å². The van der Waals surface area contributed by atoms with Gasteiger partial charge in [0.2, 0.25) is 0 Å². The van der Waals surface area contributed by atoms with E-state index in [-0.39, 0.29) is 17.7 Å². The second-order valence-electron chi connectivity index (χ2n) is 6.60. The van der Waals surface area contributed by atoms with E-state index in [4.69, 9.17) is 14.6 Å². The van der Waals surface area contributed by atoms with Crippen molar-refractivity contribution in [3.8, 4) is 0 Å². The maximum atomic E-state index is 13.1. The number of carboxylic acid groups (broad SMARTS) is 1.